The van der Waals surface area contributed by atoms with E-state index in [0.717, 1.165) is 26.1 Å². The normalized spacial score (nSPS) is 16.8. The summed E-state index contributed by atoms with van der Waals surface area (Å²) in [5.41, 5.74) is 1.75. The molecule has 0 saturated carbocycles. The van der Waals surface area contributed by atoms with E-state index >= 15 is 0 Å². The Labute approximate surface area is 200 Å². The van der Waals surface area contributed by atoms with E-state index in [1.54, 1.807) is 17.3 Å². The summed E-state index contributed by atoms with van der Waals surface area (Å²) in [6.45, 7) is 9.49. The highest BCUT2D eigenvalue weighted by Gasteiger charge is 2.32. The van der Waals surface area contributed by atoms with Gasteiger partial charge in [-0.15, -0.1) is 0 Å². The number of fused-ring (bicyclic) bond motifs is 1. The van der Waals surface area contributed by atoms with Crippen molar-refractivity contribution in [2.75, 3.05) is 24.5 Å². The third kappa shape index (κ3) is 4.37. The Morgan fingerprint density at radius 2 is 2.06 bits per heavy atom. The summed E-state index contributed by atoms with van der Waals surface area (Å²) in [7, 11) is 0. The van der Waals surface area contributed by atoms with Crippen LogP contribution in [-0.4, -0.2) is 56.8 Å². The van der Waals surface area contributed by atoms with E-state index in [1.165, 1.54) is 0 Å². The molecule has 1 aliphatic rings. The SMILES string of the molecule is C[C@H]1CN(C(=O)OC(C)(C)C)CCN1c1ncnc2c1c(I)cn2-c1cccc(C#N)c1. The van der Waals surface area contributed by atoms with Crippen molar-refractivity contribution in [2.24, 2.45) is 0 Å². The van der Waals surface area contributed by atoms with Crippen molar-refractivity contribution < 1.29 is 9.53 Å². The van der Waals surface area contributed by atoms with Crippen LogP contribution in [0.5, 0.6) is 0 Å². The molecule has 1 amide bonds. The van der Waals surface area contributed by atoms with Gasteiger partial charge in [0.1, 0.15) is 17.7 Å². The maximum atomic E-state index is 12.5. The number of anilines is 1. The second kappa shape index (κ2) is 8.58. The molecule has 9 heteroatoms. The predicted molar refractivity (Wildman–Crippen MR) is 131 cm³/mol. The minimum absolute atomic E-state index is 0.0652. The molecule has 3 aromatic rings. The van der Waals surface area contributed by atoms with Crippen LogP contribution in [0.15, 0.2) is 36.8 Å². The van der Waals surface area contributed by atoms with Crippen LogP contribution < -0.4 is 4.90 Å². The molecule has 0 radical (unpaired) electrons. The number of halogens is 1. The molecular weight excluding hydrogens is 519 g/mol. The molecule has 1 aliphatic heterocycles. The molecular formula is C23H25IN6O2. The first-order valence-electron chi connectivity index (χ1n) is 10.4. The standard InChI is InChI=1S/C23H25IN6O2/c1-15-12-28(22(31)32-23(2,3)4)8-9-29(15)20-19-18(24)13-30(21(19)27-14-26-20)17-7-5-6-16(10-17)11-25/h5-7,10,13-15H,8-9,12H2,1-4H3/t15-/m0/s1. The first-order chi connectivity index (χ1) is 15.2. The number of piperazine rings is 1. The zero-order valence-electron chi connectivity index (χ0n) is 18.5. The summed E-state index contributed by atoms with van der Waals surface area (Å²) in [6, 6.07) is 9.71. The van der Waals surface area contributed by atoms with Gasteiger partial charge in [0.2, 0.25) is 0 Å². The Hall–Kier alpha value is -2.87. The fourth-order valence-corrected chi connectivity index (χ4v) is 4.67. The van der Waals surface area contributed by atoms with E-state index in [9.17, 15) is 10.1 Å². The summed E-state index contributed by atoms with van der Waals surface area (Å²) >= 11 is 2.30. The summed E-state index contributed by atoms with van der Waals surface area (Å²) in [4.78, 5) is 25.7. The highest BCUT2D eigenvalue weighted by atomic mass is 127. The van der Waals surface area contributed by atoms with Crippen molar-refractivity contribution in [2.45, 2.75) is 39.3 Å². The van der Waals surface area contributed by atoms with Gasteiger partial charge in [-0.3, -0.25) is 0 Å². The predicted octanol–water partition coefficient (Wildman–Crippen LogP) is 4.34. The molecule has 1 saturated heterocycles. The molecule has 0 unspecified atom stereocenters. The fraction of sp³-hybridized carbons (Fsp3) is 0.391. The Bertz CT molecular complexity index is 1210. The molecule has 2 aromatic heterocycles. The summed E-state index contributed by atoms with van der Waals surface area (Å²) < 4.78 is 8.56. The molecule has 0 aliphatic carbocycles. The van der Waals surface area contributed by atoms with Crippen molar-refractivity contribution in [3.05, 3.63) is 45.9 Å². The Balaban J connectivity index is 1.65. The maximum Gasteiger partial charge on any atom is 0.410 e. The van der Waals surface area contributed by atoms with Crippen molar-refractivity contribution in [1.29, 1.82) is 5.26 Å². The molecule has 1 fully saturated rings. The van der Waals surface area contributed by atoms with E-state index < -0.39 is 5.60 Å². The molecule has 0 spiro atoms. The van der Waals surface area contributed by atoms with Crippen LogP contribution in [0.25, 0.3) is 16.7 Å². The van der Waals surface area contributed by atoms with Gasteiger partial charge in [0, 0.05) is 41.1 Å². The number of amides is 1. The number of aromatic nitrogens is 3. The molecule has 8 nitrogen and oxygen atoms in total. The number of ether oxygens (including phenoxy) is 1. The number of rotatable bonds is 2. The fourth-order valence-electron chi connectivity index (χ4n) is 3.91. The number of carbonyl (C=O) groups excluding carboxylic acids is 1. The summed E-state index contributed by atoms with van der Waals surface area (Å²) in [6.07, 6.45) is 3.31. The minimum Gasteiger partial charge on any atom is -0.444 e. The van der Waals surface area contributed by atoms with Crippen molar-refractivity contribution >= 4 is 45.5 Å². The number of nitrogens with zero attached hydrogens (tertiary/aromatic N) is 6. The molecule has 32 heavy (non-hydrogen) atoms. The summed E-state index contributed by atoms with van der Waals surface area (Å²) in [5, 5.41) is 10.2. The Morgan fingerprint density at radius 3 is 2.75 bits per heavy atom. The zero-order valence-corrected chi connectivity index (χ0v) is 20.7. The summed E-state index contributed by atoms with van der Waals surface area (Å²) in [5.74, 6) is 0.853. The van der Waals surface area contributed by atoms with Crippen molar-refractivity contribution in [1.82, 2.24) is 19.4 Å². The van der Waals surface area contributed by atoms with Gasteiger partial charge >= 0.3 is 6.09 Å². The van der Waals surface area contributed by atoms with Gasteiger partial charge in [0.15, 0.2) is 5.65 Å². The Morgan fingerprint density at radius 1 is 1.28 bits per heavy atom. The van der Waals surface area contributed by atoms with Crippen LogP contribution >= 0.6 is 22.6 Å². The monoisotopic (exact) mass is 544 g/mol. The van der Waals surface area contributed by atoms with Gasteiger partial charge in [-0.1, -0.05) is 6.07 Å². The van der Waals surface area contributed by atoms with Gasteiger partial charge in [-0.05, 0) is 68.5 Å². The highest BCUT2D eigenvalue weighted by molar-refractivity contribution is 14.1. The number of hydrogen-bond donors (Lipinski definition) is 0. The number of benzene rings is 1. The minimum atomic E-state index is -0.516. The third-order valence-corrected chi connectivity index (χ3v) is 6.14. The van der Waals surface area contributed by atoms with Gasteiger partial charge in [0.25, 0.3) is 0 Å². The average Bonchev–Trinajstić information content (AvgIpc) is 3.09. The first kappa shape index (κ1) is 22.3. The molecule has 1 aromatic carbocycles. The van der Waals surface area contributed by atoms with Crippen LogP contribution in [0.4, 0.5) is 10.6 Å². The van der Waals surface area contributed by atoms with E-state index in [1.807, 2.05) is 49.7 Å². The van der Waals surface area contributed by atoms with Gasteiger partial charge in [0.05, 0.1) is 17.0 Å². The van der Waals surface area contributed by atoms with Crippen molar-refractivity contribution in [3.63, 3.8) is 0 Å². The highest BCUT2D eigenvalue weighted by Crippen LogP contribution is 2.33. The molecule has 1 atom stereocenters. The van der Waals surface area contributed by atoms with E-state index in [2.05, 4.69) is 50.5 Å². The third-order valence-electron chi connectivity index (χ3n) is 5.32. The largest absolute Gasteiger partial charge is 0.444 e. The van der Waals surface area contributed by atoms with Gasteiger partial charge < -0.3 is 19.1 Å². The lowest BCUT2D eigenvalue weighted by atomic mass is 10.1. The number of carbonyl (C=O) groups is 1. The molecule has 4 rings (SSSR count). The number of nitriles is 1. The van der Waals surface area contributed by atoms with Crippen LogP contribution in [0, 0.1) is 14.9 Å². The quantitative estimate of drug-likeness (QED) is 0.447. The van der Waals surface area contributed by atoms with Crippen LogP contribution in [-0.2, 0) is 4.74 Å². The van der Waals surface area contributed by atoms with Crippen molar-refractivity contribution in [3.8, 4) is 11.8 Å². The zero-order chi connectivity index (χ0) is 23.0. The second-order valence-corrected chi connectivity index (χ2v) is 10.0. The topological polar surface area (TPSA) is 87.3 Å². The lowest BCUT2D eigenvalue weighted by Crippen LogP contribution is -2.54. The second-order valence-electron chi connectivity index (χ2n) is 8.87. The lowest BCUT2D eigenvalue weighted by molar-refractivity contribution is 0.0218. The van der Waals surface area contributed by atoms with Crippen LogP contribution in [0.3, 0.4) is 0 Å². The molecule has 166 valence electrons. The number of hydrogen-bond acceptors (Lipinski definition) is 6. The van der Waals surface area contributed by atoms with Crippen LogP contribution in [0.2, 0.25) is 0 Å². The van der Waals surface area contributed by atoms with Crippen LogP contribution in [0.1, 0.15) is 33.3 Å². The molecule has 3 heterocycles. The molecule has 0 bridgehead atoms. The first-order valence-corrected chi connectivity index (χ1v) is 11.5. The average molecular weight is 544 g/mol. The smallest absolute Gasteiger partial charge is 0.410 e. The van der Waals surface area contributed by atoms with E-state index in [4.69, 9.17) is 4.74 Å². The lowest BCUT2D eigenvalue weighted by Gasteiger charge is -2.41. The molecule has 0 N–H and O–H groups in total. The Kier molecular flexibility index (Phi) is 5.99. The van der Waals surface area contributed by atoms with Gasteiger partial charge in [-0.25, -0.2) is 14.8 Å². The maximum absolute atomic E-state index is 12.5. The van der Waals surface area contributed by atoms with Gasteiger partial charge in [-0.2, -0.15) is 5.26 Å². The van der Waals surface area contributed by atoms with E-state index in [-0.39, 0.29) is 12.1 Å². The van der Waals surface area contributed by atoms with E-state index in [0.29, 0.717) is 25.2 Å².